The number of hydrogen-bond donors (Lipinski definition) is 2. The molecule has 4 fully saturated rings. The predicted molar refractivity (Wildman–Crippen MR) is 78.2 cm³/mol. The zero-order valence-corrected chi connectivity index (χ0v) is 12.0. The Kier molecular flexibility index (Phi) is 3.19. The molecule has 0 radical (unpaired) electrons. The van der Waals surface area contributed by atoms with Gasteiger partial charge < -0.3 is 0 Å². The number of hydrogen-bond acceptors (Lipinski definition) is 2. The van der Waals surface area contributed by atoms with E-state index < -0.39 is 0 Å². The topological polar surface area (TPSA) is 38.0 Å². The summed E-state index contributed by atoms with van der Waals surface area (Å²) in [7, 11) is 0. The highest BCUT2D eigenvalue weighted by Gasteiger charge is 2.50. The fourth-order valence-electron chi connectivity index (χ4n) is 6.12. The van der Waals surface area contributed by atoms with Crippen LogP contribution in [0.2, 0.25) is 0 Å². The van der Waals surface area contributed by atoms with Crippen molar-refractivity contribution in [1.29, 1.82) is 0 Å². The smallest absolute Gasteiger partial charge is 0.0453 e. The zero-order valence-electron chi connectivity index (χ0n) is 12.0. The Morgan fingerprint density at radius 1 is 1.00 bits per heavy atom. The molecule has 2 nitrogen and oxygen atoms in total. The minimum Gasteiger partial charge on any atom is -0.271 e. The molecule has 5 aliphatic rings. The van der Waals surface area contributed by atoms with Crippen molar-refractivity contribution in [2.45, 2.75) is 63.8 Å². The minimum absolute atomic E-state index is 0.496. The molecule has 5 aliphatic carbocycles. The van der Waals surface area contributed by atoms with E-state index in [-0.39, 0.29) is 0 Å². The third-order valence-corrected chi connectivity index (χ3v) is 6.59. The van der Waals surface area contributed by atoms with E-state index in [1.54, 1.807) is 12.0 Å². The Balaban J connectivity index is 1.58. The maximum atomic E-state index is 5.99. The SMILES string of the molecule is NNC(C1=CCCCC1)C1C2CC3CC(C2)CC1C3. The van der Waals surface area contributed by atoms with Crippen LogP contribution >= 0.6 is 0 Å². The van der Waals surface area contributed by atoms with Crippen LogP contribution in [0.25, 0.3) is 0 Å². The molecule has 1 unspecified atom stereocenters. The number of allylic oxidation sites excluding steroid dienone is 1. The fraction of sp³-hybridized carbons (Fsp3) is 0.882. The standard InChI is InChI=1S/C17H28N2/c18-19-17(13-4-2-1-3-5-13)16-14-7-11-6-12(9-14)10-15(16)8-11/h4,11-12,14-17,19H,1-3,5-10,18H2. The normalized spacial score (nSPS) is 46.2. The largest absolute Gasteiger partial charge is 0.271 e. The van der Waals surface area contributed by atoms with Crippen LogP contribution in [0.15, 0.2) is 11.6 Å². The molecule has 0 aromatic rings. The Morgan fingerprint density at radius 2 is 1.68 bits per heavy atom. The number of hydrazine groups is 1. The molecule has 0 aromatic heterocycles. The van der Waals surface area contributed by atoms with Crippen LogP contribution < -0.4 is 11.3 Å². The number of nitrogens with two attached hydrogens (primary N) is 1. The van der Waals surface area contributed by atoms with E-state index in [1.807, 2.05) is 0 Å². The second-order valence-corrected chi connectivity index (χ2v) is 7.68. The van der Waals surface area contributed by atoms with Crippen LogP contribution in [0.1, 0.15) is 57.8 Å². The highest BCUT2D eigenvalue weighted by molar-refractivity contribution is 5.17. The minimum atomic E-state index is 0.496. The van der Waals surface area contributed by atoms with E-state index in [9.17, 15) is 0 Å². The fourth-order valence-corrected chi connectivity index (χ4v) is 6.12. The highest BCUT2D eigenvalue weighted by Crippen LogP contribution is 2.58. The molecule has 0 saturated heterocycles. The Bertz CT molecular complexity index is 345. The second kappa shape index (κ2) is 4.89. The molecule has 19 heavy (non-hydrogen) atoms. The summed E-state index contributed by atoms with van der Waals surface area (Å²) in [5.74, 6) is 10.9. The van der Waals surface area contributed by atoms with Crippen molar-refractivity contribution in [3.8, 4) is 0 Å². The van der Waals surface area contributed by atoms with Crippen molar-refractivity contribution < 1.29 is 0 Å². The number of rotatable bonds is 3. The molecular formula is C17H28N2. The van der Waals surface area contributed by atoms with E-state index in [0.717, 1.165) is 29.6 Å². The molecule has 5 rings (SSSR count). The van der Waals surface area contributed by atoms with Gasteiger partial charge in [0.05, 0.1) is 0 Å². The summed E-state index contributed by atoms with van der Waals surface area (Å²) in [5.41, 5.74) is 4.88. The van der Waals surface area contributed by atoms with E-state index >= 15 is 0 Å². The maximum absolute atomic E-state index is 5.99. The lowest BCUT2D eigenvalue weighted by Crippen LogP contribution is -2.55. The van der Waals surface area contributed by atoms with Gasteiger partial charge in [0, 0.05) is 6.04 Å². The third-order valence-electron chi connectivity index (χ3n) is 6.59. The summed E-state index contributed by atoms with van der Waals surface area (Å²) in [6.45, 7) is 0. The molecule has 2 heteroatoms. The van der Waals surface area contributed by atoms with Gasteiger partial charge in [0.25, 0.3) is 0 Å². The van der Waals surface area contributed by atoms with E-state index in [1.165, 1.54) is 51.4 Å². The van der Waals surface area contributed by atoms with Gasteiger partial charge in [0.2, 0.25) is 0 Å². The first-order valence-electron chi connectivity index (χ1n) is 8.50. The molecule has 0 heterocycles. The van der Waals surface area contributed by atoms with Gasteiger partial charge in [-0.2, -0.15) is 0 Å². The van der Waals surface area contributed by atoms with E-state index in [2.05, 4.69) is 11.5 Å². The summed E-state index contributed by atoms with van der Waals surface area (Å²) in [5, 5.41) is 0. The van der Waals surface area contributed by atoms with Crippen LogP contribution in [-0.2, 0) is 0 Å². The average molecular weight is 260 g/mol. The van der Waals surface area contributed by atoms with Gasteiger partial charge in [-0.1, -0.05) is 11.6 Å². The van der Waals surface area contributed by atoms with Gasteiger partial charge in [-0.3, -0.25) is 11.3 Å². The lowest BCUT2D eigenvalue weighted by molar-refractivity contribution is -0.0473. The second-order valence-electron chi connectivity index (χ2n) is 7.68. The Hall–Kier alpha value is -0.340. The zero-order chi connectivity index (χ0) is 12.8. The van der Waals surface area contributed by atoms with Gasteiger partial charge in [-0.25, -0.2) is 0 Å². The third kappa shape index (κ3) is 2.08. The Morgan fingerprint density at radius 3 is 2.21 bits per heavy atom. The van der Waals surface area contributed by atoms with Crippen molar-refractivity contribution in [2.24, 2.45) is 35.4 Å². The molecule has 4 saturated carbocycles. The molecule has 106 valence electrons. The molecule has 4 bridgehead atoms. The first-order valence-corrected chi connectivity index (χ1v) is 8.50. The van der Waals surface area contributed by atoms with Gasteiger partial charge >= 0.3 is 0 Å². The molecular weight excluding hydrogens is 232 g/mol. The average Bonchev–Trinajstić information content (AvgIpc) is 2.43. The molecule has 0 aromatic carbocycles. The Labute approximate surface area is 117 Å². The van der Waals surface area contributed by atoms with Gasteiger partial charge in [-0.15, -0.1) is 0 Å². The summed E-state index contributed by atoms with van der Waals surface area (Å²) in [4.78, 5) is 0. The monoisotopic (exact) mass is 260 g/mol. The van der Waals surface area contributed by atoms with E-state index in [0.29, 0.717) is 6.04 Å². The van der Waals surface area contributed by atoms with Crippen molar-refractivity contribution >= 4 is 0 Å². The van der Waals surface area contributed by atoms with Crippen LogP contribution in [0.4, 0.5) is 0 Å². The molecule has 1 atom stereocenters. The van der Waals surface area contributed by atoms with Crippen molar-refractivity contribution in [2.75, 3.05) is 0 Å². The van der Waals surface area contributed by atoms with Gasteiger partial charge in [0.15, 0.2) is 0 Å². The van der Waals surface area contributed by atoms with Crippen LogP contribution in [0.3, 0.4) is 0 Å². The molecule has 0 amide bonds. The molecule has 0 aliphatic heterocycles. The summed E-state index contributed by atoms with van der Waals surface area (Å²) >= 11 is 0. The first-order chi connectivity index (χ1) is 9.35. The number of nitrogens with one attached hydrogen (secondary N) is 1. The lowest BCUT2D eigenvalue weighted by atomic mass is 9.50. The predicted octanol–water partition coefficient (Wildman–Crippen LogP) is 3.39. The summed E-state index contributed by atoms with van der Waals surface area (Å²) in [6.07, 6.45) is 15.4. The van der Waals surface area contributed by atoms with Crippen molar-refractivity contribution in [3.05, 3.63) is 11.6 Å². The van der Waals surface area contributed by atoms with Gasteiger partial charge in [0.1, 0.15) is 0 Å². The van der Waals surface area contributed by atoms with Crippen LogP contribution in [-0.4, -0.2) is 6.04 Å². The van der Waals surface area contributed by atoms with Gasteiger partial charge in [-0.05, 0) is 87.4 Å². The lowest BCUT2D eigenvalue weighted by Gasteiger charge is -2.56. The molecule has 3 N–H and O–H groups in total. The highest BCUT2D eigenvalue weighted by atomic mass is 15.2. The van der Waals surface area contributed by atoms with Crippen LogP contribution in [0, 0.1) is 29.6 Å². The van der Waals surface area contributed by atoms with Crippen molar-refractivity contribution in [3.63, 3.8) is 0 Å². The van der Waals surface area contributed by atoms with Crippen LogP contribution in [0.5, 0.6) is 0 Å². The quantitative estimate of drug-likeness (QED) is 0.464. The summed E-state index contributed by atoms with van der Waals surface area (Å²) < 4.78 is 0. The first kappa shape index (κ1) is 12.4. The van der Waals surface area contributed by atoms with E-state index in [4.69, 9.17) is 5.84 Å². The maximum Gasteiger partial charge on any atom is 0.0453 e. The summed E-state index contributed by atoms with van der Waals surface area (Å²) in [6, 6.07) is 0.496. The molecule has 0 spiro atoms. The van der Waals surface area contributed by atoms with Crippen molar-refractivity contribution in [1.82, 2.24) is 5.43 Å².